The summed E-state index contributed by atoms with van der Waals surface area (Å²) in [5.41, 5.74) is 5.92. The van der Waals surface area contributed by atoms with E-state index >= 15 is 0 Å². The molecule has 0 bridgehead atoms. The molecule has 0 aliphatic carbocycles. The van der Waals surface area contributed by atoms with Crippen LogP contribution in [-0.2, 0) is 4.74 Å². The van der Waals surface area contributed by atoms with Crippen LogP contribution in [-0.4, -0.2) is 36.7 Å². The minimum absolute atomic E-state index is 0.265. The van der Waals surface area contributed by atoms with Gasteiger partial charge in [0.25, 0.3) is 0 Å². The molecule has 1 aromatic heterocycles. The summed E-state index contributed by atoms with van der Waals surface area (Å²) in [6, 6.07) is 4.29. The van der Waals surface area contributed by atoms with Crippen molar-refractivity contribution < 1.29 is 4.74 Å². The Morgan fingerprint density at radius 3 is 2.59 bits per heavy atom. The Morgan fingerprint density at radius 2 is 2.12 bits per heavy atom. The van der Waals surface area contributed by atoms with Crippen molar-refractivity contribution in [3.8, 4) is 0 Å². The number of halogens is 1. The summed E-state index contributed by atoms with van der Waals surface area (Å²) in [6.07, 6.45) is 0.534. The molecule has 1 aliphatic rings. The molecule has 17 heavy (non-hydrogen) atoms. The Morgan fingerprint density at radius 1 is 1.47 bits per heavy atom. The van der Waals surface area contributed by atoms with Crippen LogP contribution in [0.25, 0.3) is 0 Å². The first-order valence-corrected chi connectivity index (χ1v) is 7.14. The quantitative estimate of drug-likeness (QED) is 0.920. The second kappa shape index (κ2) is 5.67. The van der Waals surface area contributed by atoms with Crippen molar-refractivity contribution in [3.63, 3.8) is 0 Å². The molecular weight excluding hydrogens is 256 g/mol. The molecule has 96 valence electrons. The third-order valence-electron chi connectivity index (χ3n) is 3.03. The third-order valence-corrected chi connectivity index (χ3v) is 4.37. The molecule has 3 nitrogen and oxygen atoms in total. The van der Waals surface area contributed by atoms with Gasteiger partial charge in [-0.2, -0.15) is 0 Å². The molecule has 1 aromatic rings. The summed E-state index contributed by atoms with van der Waals surface area (Å²) in [6.45, 7) is 6.70. The summed E-state index contributed by atoms with van der Waals surface area (Å²) >= 11 is 7.61. The molecule has 2 N–H and O–H groups in total. The lowest BCUT2D eigenvalue weighted by Crippen LogP contribution is -2.48. The van der Waals surface area contributed by atoms with E-state index in [1.165, 1.54) is 4.88 Å². The molecule has 3 atom stereocenters. The van der Waals surface area contributed by atoms with Crippen LogP contribution in [0.2, 0.25) is 4.34 Å². The summed E-state index contributed by atoms with van der Waals surface area (Å²) in [4.78, 5) is 3.65. The maximum Gasteiger partial charge on any atom is 0.0931 e. The predicted molar refractivity (Wildman–Crippen MR) is 72.7 cm³/mol. The zero-order chi connectivity index (χ0) is 12.4. The molecule has 1 saturated heterocycles. The minimum Gasteiger partial charge on any atom is -0.373 e. The topological polar surface area (TPSA) is 38.5 Å². The van der Waals surface area contributed by atoms with Crippen molar-refractivity contribution >= 4 is 22.9 Å². The van der Waals surface area contributed by atoms with E-state index in [2.05, 4.69) is 24.8 Å². The number of hydrogen-bond donors (Lipinski definition) is 1. The van der Waals surface area contributed by atoms with E-state index in [1.807, 2.05) is 6.07 Å². The first-order chi connectivity index (χ1) is 8.10. The predicted octanol–water partition coefficient (Wildman–Crippen LogP) is 2.51. The van der Waals surface area contributed by atoms with Gasteiger partial charge in [-0.05, 0) is 26.0 Å². The average molecular weight is 275 g/mol. The second-order valence-corrected chi connectivity index (χ2v) is 6.35. The minimum atomic E-state index is 0.265. The highest BCUT2D eigenvalue weighted by molar-refractivity contribution is 7.16. The van der Waals surface area contributed by atoms with Crippen LogP contribution in [0.1, 0.15) is 24.8 Å². The average Bonchev–Trinajstić information content (AvgIpc) is 2.64. The van der Waals surface area contributed by atoms with Gasteiger partial charge in [0.05, 0.1) is 22.6 Å². The fourth-order valence-electron chi connectivity index (χ4n) is 2.42. The monoisotopic (exact) mass is 274 g/mol. The largest absolute Gasteiger partial charge is 0.373 e. The van der Waals surface area contributed by atoms with Crippen LogP contribution < -0.4 is 5.73 Å². The van der Waals surface area contributed by atoms with Gasteiger partial charge in [0.1, 0.15) is 0 Å². The molecule has 0 saturated carbocycles. The second-order valence-electron chi connectivity index (χ2n) is 4.60. The lowest BCUT2D eigenvalue weighted by Gasteiger charge is -2.39. The van der Waals surface area contributed by atoms with Crippen LogP contribution in [0.15, 0.2) is 12.1 Å². The lowest BCUT2D eigenvalue weighted by atomic mass is 10.1. The fraction of sp³-hybridized carbons (Fsp3) is 0.667. The number of rotatable bonds is 3. The van der Waals surface area contributed by atoms with Gasteiger partial charge in [-0.1, -0.05) is 11.6 Å². The summed E-state index contributed by atoms with van der Waals surface area (Å²) in [7, 11) is 0. The van der Waals surface area contributed by atoms with Gasteiger partial charge < -0.3 is 10.5 Å². The van der Waals surface area contributed by atoms with Gasteiger partial charge in [-0.3, -0.25) is 4.90 Å². The van der Waals surface area contributed by atoms with Crippen molar-refractivity contribution in [2.75, 3.05) is 19.6 Å². The summed E-state index contributed by atoms with van der Waals surface area (Å²) in [5.74, 6) is 0. The number of ether oxygens (including phenoxy) is 1. The first-order valence-electron chi connectivity index (χ1n) is 5.95. The zero-order valence-corrected chi connectivity index (χ0v) is 11.8. The highest BCUT2D eigenvalue weighted by Crippen LogP contribution is 2.31. The van der Waals surface area contributed by atoms with Gasteiger partial charge in [-0.25, -0.2) is 0 Å². The smallest absolute Gasteiger partial charge is 0.0931 e. The zero-order valence-electron chi connectivity index (χ0n) is 10.2. The van der Waals surface area contributed by atoms with E-state index in [1.54, 1.807) is 11.3 Å². The molecule has 0 amide bonds. The van der Waals surface area contributed by atoms with Gasteiger partial charge in [0.2, 0.25) is 0 Å². The molecule has 0 aromatic carbocycles. The number of morpholine rings is 1. The Balaban J connectivity index is 2.12. The highest BCUT2D eigenvalue weighted by Gasteiger charge is 2.28. The normalized spacial score (nSPS) is 28.2. The molecule has 1 aliphatic heterocycles. The van der Waals surface area contributed by atoms with Gasteiger partial charge >= 0.3 is 0 Å². The standard InChI is InChI=1S/C12H19ClN2OS/c1-8-6-15(7-9(2)16-8)10(5-14)11-3-4-12(13)17-11/h3-4,8-10H,5-7,14H2,1-2H3. The van der Waals surface area contributed by atoms with E-state index in [9.17, 15) is 0 Å². The van der Waals surface area contributed by atoms with E-state index in [0.717, 1.165) is 17.4 Å². The first kappa shape index (κ1) is 13.3. The molecule has 1 fully saturated rings. The molecule has 2 heterocycles. The van der Waals surface area contributed by atoms with Crippen molar-refractivity contribution in [1.29, 1.82) is 0 Å². The molecule has 3 unspecified atom stereocenters. The number of nitrogens with zero attached hydrogens (tertiary/aromatic N) is 1. The van der Waals surface area contributed by atoms with Crippen molar-refractivity contribution in [3.05, 3.63) is 21.3 Å². The van der Waals surface area contributed by atoms with Crippen LogP contribution in [0.5, 0.6) is 0 Å². The lowest BCUT2D eigenvalue weighted by molar-refractivity contribution is -0.0795. The number of nitrogens with two attached hydrogens (primary N) is 1. The molecule has 0 radical (unpaired) electrons. The van der Waals surface area contributed by atoms with Crippen molar-refractivity contribution in [2.24, 2.45) is 5.73 Å². The van der Waals surface area contributed by atoms with Crippen LogP contribution in [0.3, 0.4) is 0 Å². The fourth-order valence-corrected chi connectivity index (χ4v) is 3.63. The van der Waals surface area contributed by atoms with Crippen molar-refractivity contribution in [2.45, 2.75) is 32.1 Å². The van der Waals surface area contributed by atoms with Gasteiger partial charge in [0, 0.05) is 24.5 Å². The van der Waals surface area contributed by atoms with E-state index in [0.29, 0.717) is 6.54 Å². The van der Waals surface area contributed by atoms with Crippen LogP contribution >= 0.6 is 22.9 Å². The molecule has 5 heteroatoms. The highest BCUT2D eigenvalue weighted by atomic mass is 35.5. The number of thiophene rings is 1. The summed E-state index contributed by atoms with van der Waals surface area (Å²) in [5, 5.41) is 0. The number of hydrogen-bond acceptors (Lipinski definition) is 4. The van der Waals surface area contributed by atoms with E-state index in [-0.39, 0.29) is 18.2 Å². The Hall–Kier alpha value is -0.130. The SMILES string of the molecule is CC1CN(C(CN)c2ccc(Cl)s2)CC(C)O1. The maximum absolute atomic E-state index is 5.99. The molecule has 0 spiro atoms. The van der Waals surface area contributed by atoms with Crippen LogP contribution in [0, 0.1) is 0 Å². The van der Waals surface area contributed by atoms with E-state index in [4.69, 9.17) is 22.1 Å². The van der Waals surface area contributed by atoms with Crippen molar-refractivity contribution in [1.82, 2.24) is 4.90 Å². The van der Waals surface area contributed by atoms with Gasteiger partial charge in [0.15, 0.2) is 0 Å². The van der Waals surface area contributed by atoms with Gasteiger partial charge in [-0.15, -0.1) is 11.3 Å². The van der Waals surface area contributed by atoms with E-state index < -0.39 is 0 Å². The summed E-state index contributed by atoms with van der Waals surface area (Å²) < 4.78 is 6.57. The van der Waals surface area contributed by atoms with Crippen LogP contribution in [0.4, 0.5) is 0 Å². The maximum atomic E-state index is 5.99. The third kappa shape index (κ3) is 3.20. The molecular formula is C12H19ClN2OS. The Bertz CT molecular complexity index is 361. The Kier molecular flexibility index (Phi) is 4.44. The molecule has 2 rings (SSSR count). The Labute approximate surface area is 112 Å².